The third kappa shape index (κ3) is 2.36. The number of nitrogens with zero attached hydrogens (tertiary/aromatic N) is 3. The van der Waals surface area contributed by atoms with Crippen LogP contribution in [0.5, 0.6) is 5.75 Å². The third-order valence-corrected chi connectivity index (χ3v) is 3.91. The van der Waals surface area contributed by atoms with E-state index >= 15 is 0 Å². The third-order valence-electron chi connectivity index (χ3n) is 3.91. The van der Waals surface area contributed by atoms with E-state index in [4.69, 9.17) is 0 Å². The van der Waals surface area contributed by atoms with Crippen LogP contribution in [0.2, 0.25) is 0 Å². The number of H-pyrrole nitrogens is 1. The number of aromatic nitrogens is 2. The Morgan fingerprint density at radius 1 is 1.52 bits per heavy atom. The molecule has 2 N–H and O–H groups in total. The Bertz CT molecular complexity index is 696. The molecule has 0 radical (unpaired) electrons. The molecule has 1 aromatic heterocycles. The zero-order valence-electron chi connectivity index (χ0n) is 11.7. The van der Waals surface area contributed by atoms with Crippen molar-refractivity contribution in [2.24, 2.45) is 0 Å². The van der Waals surface area contributed by atoms with Crippen molar-refractivity contribution in [2.45, 2.75) is 19.9 Å². The van der Waals surface area contributed by atoms with Gasteiger partial charge in [0.1, 0.15) is 0 Å². The van der Waals surface area contributed by atoms with Crippen LogP contribution in [0.1, 0.15) is 18.2 Å². The number of nitrogens with one attached hydrogen (secondary N) is 1. The molecular formula is C14H16N4O3. The van der Waals surface area contributed by atoms with Gasteiger partial charge in [-0.2, -0.15) is 5.10 Å². The molecule has 1 aliphatic heterocycles. The first-order chi connectivity index (χ1) is 10.1. The van der Waals surface area contributed by atoms with E-state index in [0.717, 1.165) is 43.0 Å². The summed E-state index contributed by atoms with van der Waals surface area (Å²) in [5.74, 6) is -0.330. The van der Waals surface area contributed by atoms with E-state index in [1.54, 1.807) is 6.07 Å². The van der Waals surface area contributed by atoms with Crippen LogP contribution in [-0.4, -0.2) is 38.2 Å². The van der Waals surface area contributed by atoms with Gasteiger partial charge in [-0.05, 0) is 18.7 Å². The standard InChI is InChI=1S/C14H16N4O3/c1-2-17-6-5-11-10(8-17)14(16-15-11)9-3-4-13(19)12(7-9)18(20)21/h3-4,7,19H,2,5-6,8H2,1H3,(H,15,16). The minimum Gasteiger partial charge on any atom is -0.502 e. The van der Waals surface area contributed by atoms with Crippen molar-refractivity contribution >= 4 is 5.69 Å². The van der Waals surface area contributed by atoms with E-state index in [-0.39, 0.29) is 11.4 Å². The topological polar surface area (TPSA) is 95.3 Å². The van der Waals surface area contributed by atoms with E-state index in [1.807, 2.05) is 0 Å². The van der Waals surface area contributed by atoms with Crippen LogP contribution >= 0.6 is 0 Å². The molecule has 1 aromatic carbocycles. The minimum atomic E-state index is -0.587. The molecule has 0 atom stereocenters. The van der Waals surface area contributed by atoms with E-state index in [0.29, 0.717) is 5.56 Å². The largest absolute Gasteiger partial charge is 0.502 e. The second-order valence-electron chi connectivity index (χ2n) is 5.11. The number of hydrogen-bond acceptors (Lipinski definition) is 5. The monoisotopic (exact) mass is 288 g/mol. The van der Waals surface area contributed by atoms with Gasteiger partial charge in [0.2, 0.25) is 0 Å². The maximum absolute atomic E-state index is 10.9. The second kappa shape index (κ2) is 5.17. The number of phenolic OH excluding ortho intramolecular Hbond substituents is 1. The number of hydrogen-bond donors (Lipinski definition) is 2. The van der Waals surface area contributed by atoms with Gasteiger partial charge in [0.25, 0.3) is 0 Å². The molecule has 2 heterocycles. The lowest BCUT2D eigenvalue weighted by atomic mass is 10.0. The molecule has 0 saturated carbocycles. The summed E-state index contributed by atoms with van der Waals surface area (Å²) in [6, 6.07) is 4.37. The van der Waals surface area contributed by atoms with Crippen molar-refractivity contribution in [2.75, 3.05) is 13.1 Å². The van der Waals surface area contributed by atoms with Gasteiger partial charge in [-0.3, -0.25) is 20.1 Å². The van der Waals surface area contributed by atoms with Crippen molar-refractivity contribution in [3.05, 3.63) is 39.6 Å². The lowest BCUT2D eigenvalue weighted by Gasteiger charge is -2.25. The number of nitro groups is 1. The molecule has 1 aliphatic rings. The Morgan fingerprint density at radius 3 is 3.05 bits per heavy atom. The summed E-state index contributed by atoms with van der Waals surface area (Å²) in [6.07, 6.45) is 0.899. The average Bonchev–Trinajstić information content (AvgIpc) is 2.90. The molecule has 7 heteroatoms. The maximum Gasteiger partial charge on any atom is 0.311 e. The van der Waals surface area contributed by atoms with Gasteiger partial charge in [-0.1, -0.05) is 6.92 Å². The van der Waals surface area contributed by atoms with Gasteiger partial charge >= 0.3 is 5.69 Å². The predicted octanol–water partition coefficient (Wildman–Crippen LogP) is 2.07. The number of aromatic amines is 1. The van der Waals surface area contributed by atoms with Crippen molar-refractivity contribution in [3.63, 3.8) is 0 Å². The fraction of sp³-hybridized carbons (Fsp3) is 0.357. The van der Waals surface area contributed by atoms with Gasteiger partial charge in [0.05, 0.1) is 10.6 Å². The maximum atomic E-state index is 10.9. The SMILES string of the molecule is CCN1CCc2[nH]nc(-c3ccc(O)c([N+](=O)[O-])c3)c2C1. The van der Waals surface area contributed by atoms with E-state index in [2.05, 4.69) is 22.0 Å². The van der Waals surface area contributed by atoms with Crippen LogP contribution < -0.4 is 0 Å². The van der Waals surface area contributed by atoms with Gasteiger partial charge in [-0.25, -0.2) is 0 Å². The Morgan fingerprint density at radius 2 is 2.33 bits per heavy atom. The van der Waals surface area contributed by atoms with Crippen LogP contribution in [0.15, 0.2) is 18.2 Å². The van der Waals surface area contributed by atoms with Gasteiger partial charge in [0, 0.05) is 42.4 Å². The zero-order valence-corrected chi connectivity index (χ0v) is 11.7. The molecule has 2 aromatic rings. The summed E-state index contributed by atoms with van der Waals surface area (Å²) < 4.78 is 0. The summed E-state index contributed by atoms with van der Waals surface area (Å²) in [5, 5.41) is 27.8. The molecule has 0 saturated heterocycles. The Hall–Kier alpha value is -2.41. The van der Waals surface area contributed by atoms with Crippen molar-refractivity contribution in [1.29, 1.82) is 0 Å². The van der Waals surface area contributed by atoms with Gasteiger partial charge in [-0.15, -0.1) is 0 Å². The highest BCUT2D eigenvalue weighted by Gasteiger charge is 2.23. The molecule has 3 rings (SSSR count). The molecule has 7 nitrogen and oxygen atoms in total. The molecular weight excluding hydrogens is 272 g/mol. The van der Waals surface area contributed by atoms with Crippen LogP contribution in [0.25, 0.3) is 11.3 Å². The van der Waals surface area contributed by atoms with E-state index in [9.17, 15) is 15.2 Å². The first-order valence-corrected chi connectivity index (χ1v) is 6.86. The highest BCUT2D eigenvalue weighted by molar-refractivity contribution is 5.69. The lowest BCUT2D eigenvalue weighted by Crippen LogP contribution is -2.30. The predicted molar refractivity (Wildman–Crippen MR) is 77.0 cm³/mol. The van der Waals surface area contributed by atoms with Crippen LogP contribution in [0, 0.1) is 10.1 Å². The molecule has 0 amide bonds. The highest BCUT2D eigenvalue weighted by Crippen LogP contribution is 2.34. The van der Waals surface area contributed by atoms with Gasteiger partial charge in [0.15, 0.2) is 5.75 Å². The second-order valence-corrected chi connectivity index (χ2v) is 5.11. The van der Waals surface area contributed by atoms with Crippen LogP contribution in [0.4, 0.5) is 5.69 Å². The first kappa shape index (κ1) is 13.6. The smallest absolute Gasteiger partial charge is 0.311 e. The fourth-order valence-electron chi connectivity index (χ4n) is 2.68. The molecule has 0 bridgehead atoms. The number of aromatic hydroxyl groups is 1. The quantitative estimate of drug-likeness (QED) is 0.666. The van der Waals surface area contributed by atoms with Crippen molar-refractivity contribution in [3.8, 4) is 17.0 Å². The molecule has 0 unspecified atom stereocenters. The summed E-state index contributed by atoms with van der Waals surface area (Å²) in [6.45, 7) is 4.84. The number of fused-ring (bicyclic) bond motifs is 1. The Labute approximate surface area is 121 Å². The summed E-state index contributed by atoms with van der Waals surface area (Å²) in [4.78, 5) is 12.7. The Kier molecular flexibility index (Phi) is 3.34. The number of phenols is 1. The lowest BCUT2D eigenvalue weighted by molar-refractivity contribution is -0.385. The van der Waals surface area contributed by atoms with E-state index in [1.165, 1.54) is 12.1 Å². The molecule has 0 fully saturated rings. The van der Waals surface area contributed by atoms with E-state index < -0.39 is 4.92 Å². The summed E-state index contributed by atoms with van der Waals surface area (Å²) in [5.41, 5.74) is 3.25. The summed E-state index contributed by atoms with van der Waals surface area (Å²) >= 11 is 0. The minimum absolute atomic E-state index is 0.299. The normalized spacial score (nSPS) is 14.9. The zero-order chi connectivity index (χ0) is 15.0. The first-order valence-electron chi connectivity index (χ1n) is 6.86. The fourth-order valence-corrected chi connectivity index (χ4v) is 2.68. The highest BCUT2D eigenvalue weighted by atomic mass is 16.6. The number of nitro benzene ring substituents is 1. The Balaban J connectivity index is 2.04. The number of likely N-dealkylation sites (N-methyl/N-ethyl adjacent to an activating group) is 1. The number of rotatable bonds is 3. The van der Waals surface area contributed by atoms with Crippen LogP contribution in [-0.2, 0) is 13.0 Å². The molecule has 110 valence electrons. The van der Waals surface area contributed by atoms with Crippen molar-refractivity contribution < 1.29 is 10.0 Å². The number of benzene rings is 1. The summed E-state index contributed by atoms with van der Waals surface area (Å²) in [7, 11) is 0. The molecule has 0 spiro atoms. The molecule has 0 aliphatic carbocycles. The van der Waals surface area contributed by atoms with Crippen LogP contribution in [0.3, 0.4) is 0 Å². The van der Waals surface area contributed by atoms with Gasteiger partial charge < -0.3 is 5.11 Å². The molecule has 21 heavy (non-hydrogen) atoms. The average molecular weight is 288 g/mol. The van der Waals surface area contributed by atoms with Crippen molar-refractivity contribution in [1.82, 2.24) is 15.1 Å².